The summed E-state index contributed by atoms with van der Waals surface area (Å²) in [6.07, 6.45) is -3.76. The van der Waals surface area contributed by atoms with Crippen molar-refractivity contribution < 1.29 is 17.9 Å². The molecule has 1 aromatic heterocycles. The first-order chi connectivity index (χ1) is 14.6. The Morgan fingerprint density at radius 1 is 0.903 bits per heavy atom. The first-order valence-electron chi connectivity index (χ1n) is 9.50. The standard InChI is InChI=1S/C22H22F3IN4O/c1-14(2)31-18-11-9-16(10-12-18)29(3)20-19(22(23,24)25)13-27-21(28-20)30(4)17-7-5-15(26)6-8-17/h5-14H,1-4H3. The zero-order valence-corrected chi connectivity index (χ0v) is 19.6. The monoisotopic (exact) mass is 542 g/mol. The minimum Gasteiger partial charge on any atom is -0.491 e. The van der Waals surface area contributed by atoms with Gasteiger partial charge in [-0.05, 0) is 85.0 Å². The van der Waals surface area contributed by atoms with Crippen molar-refractivity contribution in [1.29, 1.82) is 0 Å². The van der Waals surface area contributed by atoms with Gasteiger partial charge in [0.05, 0.1) is 6.10 Å². The van der Waals surface area contributed by atoms with Crippen molar-refractivity contribution in [2.75, 3.05) is 23.9 Å². The third kappa shape index (κ3) is 5.57. The highest BCUT2D eigenvalue weighted by Crippen LogP contribution is 2.38. The van der Waals surface area contributed by atoms with E-state index in [2.05, 4.69) is 32.6 Å². The van der Waals surface area contributed by atoms with Crippen LogP contribution in [0.2, 0.25) is 0 Å². The van der Waals surface area contributed by atoms with Crippen molar-refractivity contribution in [2.45, 2.75) is 26.1 Å². The fourth-order valence-corrected chi connectivity index (χ4v) is 3.26. The number of anilines is 4. The van der Waals surface area contributed by atoms with Crippen LogP contribution in [0.5, 0.6) is 5.75 Å². The molecular weight excluding hydrogens is 520 g/mol. The molecule has 1 heterocycles. The fourth-order valence-electron chi connectivity index (χ4n) is 2.90. The lowest BCUT2D eigenvalue weighted by atomic mass is 10.2. The van der Waals surface area contributed by atoms with E-state index in [1.54, 1.807) is 43.3 Å². The molecule has 31 heavy (non-hydrogen) atoms. The minimum atomic E-state index is -4.59. The van der Waals surface area contributed by atoms with Crippen LogP contribution in [0, 0.1) is 3.57 Å². The molecule has 9 heteroatoms. The van der Waals surface area contributed by atoms with Crippen molar-refractivity contribution in [3.63, 3.8) is 0 Å². The van der Waals surface area contributed by atoms with Crippen molar-refractivity contribution in [3.05, 3.63) is 63.9 Å². The van der Waals surface area contributed by atoms with E-state index in [0.717, 1.165) is 15.5 Å². The largest absolute Gasteiger partial charge is 0.491 e. The molecule has 0 amide bonds. The van der Waals surface area contributed by atoms with Gasteiger partial charge in [-0.2, -0.15) is 18.2 Å². The van der Waals surface area contributed by atoms with Crippen molar-refractivity contribution in [2.24, 2.45) is 0 Å². The summed E-state index contributed by atoms with van der Waals surface area (Å²) in [5.74, 6) is 0.577. The molecule has 0 bridgehead atoms. The molecule has 3 rings (SSSR count). The Morgan fingerprint density at radius 2 is 1.45 bits per heavy atom. The molecule has 3 aromatic rings. The third-order valence-corrected chi connectivity index (χ3v) is 5.21. The lowest BCUT2D eigenvalue weighted by Gasteiger charge is -2.25. The second-order valence-electron chi connectivity index (χ2n) is 7.16. The normalized spacial score (nSPS) is 11.5. The number of nitrogens with zero attached hydrogens (tertiary/aromatic N) is 4. The van der Waals surface area contributed by atoms with Gasteiger partial charge < -0.3 is 14.5 Å². The van der Waals surface area contributed by atoms with Crippen LogP contribution in [-0.4, -0.2) is 30.2 Å². The van der Waals surface area contributed by atoms with Gasteiger partial charge in [0, 0.05) is 35.2 Å². The number of hydrogen-bond donors (Lipinski definition) is 0. The molecule has 2 aromatic carbocycles. The van der Waals surface area contributed by atoms with E-state index in [1.807, 2.05) is 38.1 Å². The van der Waals surface area contributed by atoms with Crippen molar-refractivity contribution >= 4 is 45.7 Å². The summed E-state index contributed by atoms with van der Waals surface area (Å²) in [4.78, 5) is 11.3. The molecule has 0 unspecified atom stereocenters. The lowest BCUT2D eigenvalue weighted by molar-refractivity contribution is -0.137. The van der Waals surface area contributed by atoms with E-state index in [0.29, 0.717) is 11.4 Å². The molecule has 0 aliphatic heterocycles. The number of benzene rings is 2. The zero-order valence-electron chi connectivity index (χ0n) is 17.5. The summed E-state index contributed by atoms with van der Waals surface area (Å²) in [5, 5.41) is 0. The Bertz CT molecular complexity index is 1020. The van der Waals surface area contributed by atoms with Gasteiger partial charge in [0.15, 0.2) is 5.82 Å². The molecule has 164 valence electrons. The van der Waals surface area contributed by atoms with Crippen LogP contribution in [0.25, 0.3) is 0 Å². The molecule has 0 aliphatic rings. The fraction of sp³-hybridized carbons (Fsp3) is 0.273. The van der Waals surface area contributed by atoms with Crippen LogP contribution in [0.1, 0.15) is 19.4 Å². The van der Waals surface area contributed by atoms with Crippen LogP contribution in [0.15, 0.2) is 54.7 Å². The average Bonchev–Trinajstić information content (AvgIpc) is 2.72. The van der Waals surface area contributed by atoms with Gasteiger partial charge in [-0.1, -0.05) is 0 Å². The molecule has 0 radical (unpaired) electrons. The molecule has 0 N–H and O–H groups in total. The highest BCUT2D eigenvalue weighted by Gasteiger charge is 2.37. The maximum atomic E-state index is 13.7. The van der Waals surface area contributed by atoms with Gasteiger partial charge in [-0.3, -0.25) is 0 Å². The number of rotatable bonds is 6. The minimum absolute atomic E-state index is 0.00152. The van der Waals surface area contributed by atoms with Crippen molar-refractivity contribution in [3.8, 4) is 5.75 Å². The van der Waals surface area contributed by atoms with Crippen LogP contribution in [0.4, 0.5) is 36.3 Å². The van der Waals surface area contributed by atoms with Gasteiger partial charge in [0.25, 0.3) is 0 Å². The van der Waals surface area contributed by atoms with Crippen LogP contribution >= 0.6 is 22.6 Å². The predicted octanol–water partition coefficient (Wildman–Crippen LogP) is 6.42. The number of ether oxygens (including phenoxy) is 1. The van der Waals surface area contributed by atoms with E-state index in [9.17, 15) is 13.2 Å². The summed E-state index contributed by atoms with van der Waals surface area (Å²) in [6.45, 7) is 3.81. The second-order valence-corrected chi connectivity index (χ2v) is 8.41. The van der Waals surface area contributed by atoms with Crippen LogP contribution < -0.4 is 14.5 Å². The van der Waals surface area contributed by atoms with Crippen molar-refractivity contribution in [1.82, 2.24) is 9.97 Å². The highest BCUT2D eigenvalue weighted by molar-refractivity contribution is 14.1. The average molecular weight is 542 g/mol. The lowest BCUT2D eigenvalue weighted by Crippen LogP contribution is -2.21. The Kier molecular flexibility index (Phi) is 6.93. The molecular formula is C22H22F3IN4O. The smallest absolute Gasteiger partial charge is 0.421 e. The zero-order chi connectivity index (χ0) is 22.8. The molecule has 0 saturated heterocycles. The van der Waals surface area contributed by atoms with Gasteiger partial charge >= 0.3 is 6.18 Å². The van der Waals surface area contributed by atoms with Gasteiger partial charge in [0.2, 0.25) is 5.95 Å². The molecule has 0 atom stereocenters. The Balaban J connectivity index is 2.00. The molecule has 0 saturated carbocycles. The number of aromatic nitrogens is 2. The number of hydrogen-bond acceptors (Lipinski definition) is 5. The maximum absolute atomic E-state index is 13.7. The van der Waals surface area contributed by atoms with Crippen LogP contribution in [0.3, 0.4) is 0 Å². The Morgan fingerprint density at radius 3 is 2.00 bits per heavy atom. The number of alkyl halides is 3. The molecule has 0 fully saturated rings. The molecule has 0 spiro atoms. The predicted molar refractivity (Wildman–Crippen MR) is 125 cm³/mol. The first-order valence-corrected chi connectivity index (χ1v) is 10.6. The van der Waals surface area contributed by atoms with E-state index in [1.165, 1.54) is 4.90 Å². The van der Waals surface area contributed by atoms with Gasteiger partial charge in [-0.15, -0.1) is 0 Å². The highest BCUT2D eigenvalue weighted by atomic mass is 127. The van der Waals surface area contributed by atoms with E-state index in [-0.39, 0.29) is 17.9 Å². The molecule has 5 nitrogen and oxygen atoms in total. The van der Waals surface area contributed by atoms with Gasteiger partial charge in [-0.25, -0.2) is 4.98 Å². The SMILES string of the molecule is CC(C)Oc1ccc(N(C)c2nc(N(C)c3ccc(I)cc3)ncc2C(F)(F)F)cc1. The summed E-state index contributed by atoms with van der Waals surface area (Å²) < 4.78 is 47.7. The first kappa shape index (κ1) is 23.1. The summed E-state index contributed by atoms with van der Waals surface area (Å²) in [7, 11) is 3.26. The van der Waals surface area contributed by atoms with Crippen LogP contribution in [-0.2, 0) is 6.18 Å². The number of halogens is 4. The summed E-state index contributed by atoms with van der Waals surface area (Å²) in [6, 6.07) is 14.4. The maximum Gasteiger partial charge on any atom is 0.421 e. The Labute approximate surface area is 193 Å². The van der Waals surface area contributed by atoms with E-state index < -0.39 is 11.7 Å². The van der Waals surface area contributed by atoms with Gasteiger partial charge in [0.1, 0.15) is 11.3 Å². The Hall–Kier alpha value is -2.56. The van der Waals surface area contributed by atoms with E-state index >= 15 is 0 Å². The summed E-state index contributed by atoms with van der Waals surface area (Å²) in [5.41, 5.74) is 0.407. The second kappa shape index (κ2) is 9.29. The molecule has 0 aliphatic carbocycles. The van der Waals surface area contributed by atoms with E-state index in [4.69, 9.17) is 4.74 Å². The quantitative estimate of drug-likeness (QED) is 0.337. The topological polar surface area (TPSA) is 41.5 Å². The third-order valence-electron chi connectivity index (χ3n) is 4.49. The summed E-state index contributed by atoms with van der Waals surface area (Å²) >= 11 is 2.19.